The maximum Gasteiger partial charge on any atom is 0.124 e. The predicted molar refractivity (Wildman–Crippen MR) is 113 cm³/mol. The summed E-state index contributed by atoms with van der Waals surface area (Å²) in [4.78, 5) is 0. The van der Waals surface area contributed by atoms with Gasteiger partial charge < -0.3 is 10.1 Å². The molecule has 2 nitrogen and oxygen atoms in total. The Balaban J connectivity index is 1.74. The molecule has 0 aromatic heterocycles. The highest BCUT2D eigenvalue weighted by atomic mass is 79.9. The Morgan fingerprint density at radius 1 is 1.00 bits per heavy atom. The van der Waals surface area contributed by atoms with Gasteiger partial charge in [0.2, 0.25) is 0 Å². The number of halogens is 3. The average Bonchev–Trinajstić information content (AvgIpc) is 2.62. The van der Waals surface area contributed by atoms with Gasteiger partial charge in [-0.05, 0) is 48.9 Å². The number of rotatable bonds is 6. The highest BCUT2D eigenvalue weighted by Crippen LogP contribution is 2.29. The van der Waals surface area contributed by atoms with Crippen molar-refractivity contribution in [1.82, 2.24) is 0 Å². The van der Waals surface area contributed by atoms with E-state index in [1.54, 1.807) is 12.1 Å². The number of hydrogen-bond donors (Lipinski definition) is 1. The molecule has 0 unspecified atom stereocenters. The minimum atomic E-state index is 0.522. The quantitative estimate of drug-likeness (QED) is 0.426. The van der Waals surface area contributed by atoms with Crippen LogP contribution in [0.2, 0.25) is 10.0 Å². The van der Waals surface area contributed by atoms with Gasteiger partial charge in [0.15, 0.2) is 0 Å². The molecule has 0 bridgehead atoms. The Hall–Kier alpha value is -1.68. The van der Waals surface area contributed by atoms with E-state index in [1.807, 2.05) is 30.3 Å². The third-order valence-corrected chi connectivity index (χ3v) is 4.95. The molecule has 0 atom stereocenters. The second-order valence-electron chi connectivity index (χ2n) is 6.01. The summed E-state index contributed by atoms with van der Waals surface area (Å²) in [6.07, 6.45) is 0. The summed E-state index contributed by atoms with van der Waals surface area (Å²) in [5.41, 5.74) is 4.19. The van der Waals surface area contributed by atoms with Crippen LogP contribution in [-0.2, 0) is 13.2 Å². The molecule has 5 heteroatoms. The number of anilines is 1. The van der Waals surface area contributed by atoms with E-state index < -0.39 is 0 Å². The van der Waals surface area contributed by atoms with Crippen LogP contribution < -0.4 is 10.1 Å². The van der Waals surface area contributed by atoms with Crippen LogP contribution in [0.1, 0.15) is 16.7 Å². The molecule has 0 heterocycles. The number of benzene rings is 3. The summed E-state index contributed by atoms with van der Waals surface area (Å²) in [6.45, 7) is 3.17. The van der Waals surface area contributed by atoms with Crippen molar-refractivity contribution in [2.45, 2.75) is 20.1 Å². The van der Waals surface area contributed by atoms with E-state index >= 15 is 0 Å². The lowest BCUT2D eigenvalue weighted by Crippen LogP contribution is -2.04. The van der Waals surface area contributed by atoms with Crippen molar-refractivity contribution >= 4 is 44.8 Å². The van der Waals surface area contributed by atoms with Gasteiger partial charge in [-0.2, -0.15) is 0 Å². The Morgan fingerprint density at radius 3 is 2.65 bits per heavy atom. The Kier molecular flexibility index (Phi) is 6.47. The molecule has 26 heavy (non-hydrogen) atoms. The summed E-state index contributed by atoms with van der Waals surface area (Å²) < 4.78 is 7.05. The third-order valence-electron chi connectivity index (χ3n) is 3.90. The first-order chi connectivity index (χ1) is 12.5. The molecule has 0 aliphatic heterocycles. The zero-order chi connectivity index (χ0) is 18.5. The number of hydrogen-bond acceptors (Lipinski definition) is 2. The van der Waals surface area contributed by atoms with Crippen LogP contribution in [0.4, 0.5) is 5.69 Å². The zero-order valence-corrected chi connectivity index (χ0v) is 17.3. The van der Waals surface area contributed by atoms with Crippen LogP contribution in [0.25, 0.3) is 0 Å². The smallest absolute Gasteiger partial charge is 0.124 e. The lowest BCUT2D eigenvalue weighted by molar-refractivity contribution is 0.303. The van der Waals surface area contributed by atoms with Gasteiger partial charge in [0.1, 0.15) is 12.4 Å². The maximum atomic E-state index is 6.23. The van der Waals surface area contributed by atoms with Crippen molar-refractivity contribution in [2.24, 2.45) is 0 Å². The van der Waals surface area contributed by atoms with Crippen LogP contribution in [0.5, 0.6) is 5.75 Å². The van der Waals surface area contributed by atoms with Gasteiger partial charge in [-0.25, -0.2) is 0 Å². The minimum absolute atomic E-state index is 0.522. The normalized spacial score (nSPS) is 10.6. The third kappa shape index (κ3) is 5.16. The van der Waals surface area contributed by atoms with Gasteiger partial charge in [0.05, 0.1) is 10.7 Å². The topological polar surface area (TPSA) is 21.3 Å². The highest BCUT2D eigenvalue weighted by Gasteiger charge is 2.08. The van der Waals surface area contributed by atoms with E-state index in [9.17, 15) is 0 Å². The molecule has 0 aliphatic carbocycles. The van der Waals surface area contributed by atoms with Gasteiger partial charge in [0.25, 0.3) is 0 Å². The molecule has 0 amide bonds. The van der Waals surface area contributed by atoms with Crippen molar-refractivity contribution in [3.8, 4) is 5.75 Å². The van der Waals surface area contributed by atoms with E-state index in [2.05, 4.69) is 46.4 Å². The molecule has 0 saturated heterocycles. The molecule has 0 saturated carbocycles. The lowest BCUT2D eigenvalue weighted by atomic mass is 10.1. The van der Waals surface area contributed by atoms with Crippen molar-refractivity contribution < 1.29 is 4.74 Å². The highest BCUT2D eigenvalue weighted by molar-refractivity contribution is 9.10. The summed E-state index contributed by atoms with van der Waals surface area (Å²) in [5.74, 6) is 0.834. The van der Waals surface area contributed by atoms with Crippen LogP contribution in [0.3, 0.4) is 0 Å². The summed E-state index contributed by atoms with van der Waals surface area (Å²) in [6, 6.07) is 19.7. The molecule has 0 radical (unpaired) electrons. The van der Waals surface area contributed by atoms with Gasteiger partial charge >= 0.3 is 0 Å². The largest absolute Gasteiger partial charge is 0.489 e. The van der Waals surface area contributed by atoms with Crippen molar-refractivity contribution in [1.29, 1.82) is 0 Å². The van der Waals surface area contributed by atoms with Gasteiger partial charge in [-0.1, -0.05) is 69.0 Å². The van der Waals surface area contributed by atoms with E-state index in [0.717, 1.165) is 27.0 Å². The zero-order valence-electron chi connectivity index (χ0n) is 14.2. The molecular formula is C21H18BrCl2NO. The number of ether oxygens (including phenoxy) is 1. The van der Waals surface area contributed by atoms with Crippen molar-refractivity contribution in [3.63, 3.8) is 0 Å². The van der Waals surface area contributed by atoms with Crippen LogP contribution in [-0.4, -0.2) is 0 Å². The Morgan fingerprint density at radius 2 is 1.85 bits per heavy atom. The lowest BCUT2D eigenvalue weighted by Gasteiger charge is -2.14. The molecule has 0 spiro atoms. The predicted octanol–water partition coefficient (Wildman–Crippen LogP) is 7.26. The molecular weight excluding hydrogens is 433 g/mol. The van der Waals surface area contributed by atoms with Crippen LogP contribution in [0, 0.1) is 6.92 Å². The molecule has 3 rings (SSSR count). The first-order valence-electron chi connectivity index (χ1n) is 8.17. The van der Waals surface area contributed by atoms with Gasteiger partial charge in [0, 0.05) is 21.6 Å². The van der Waals surface area contributed by atoms with E-state index in [1.165, 1.54) is 5.56 Å². The standard InChI is InChI=1S/C21H18BrCl2NO/c1-14-3-2-4-15(9-14)13-26-21-8-5-17(22)10-16(21)12-25-20-11-18(23)6-7-19(20)24/h2-11,25H,12-13H2,1H3. The molecule has 134 valence electrons. The first kappa shape index (κ1) is 19.1. The summed E-state index contributed by atoms with van der Waals surface area (Å²) >= 11 is 15.8. The van der Waals surface area contributed by atoms with Crippen molar-refractivity contribution in [2.75, 3.05) is 5.32 Å². The molecule has 0 aliphatic rings. The first-order valence-corrected chi connectivity index (χ1v) is 9.72. The van der Waals surface area contributed by atoms with Crippen molar-refractivity contribution in [3.05, 3.63) is 91.9 Å². The minimum Gasteiger partial charge on any atom is -0.489 e. The van der Waals surface area contributed by atoms with E-state index in [4.69, 9.17) is 27.9 Å². The molecule has 3 aromatic rings. The fourth-order valence-corrected chi connectivity index (χ4v) is 3.38. The number of aryl methyl sites for hydroxylation is 1. The molecule has 1 N–H and O–H groups in total. The fraction of sp³-hybridized carbons (Fsp3) is 0.143. The average molecular weight is 451 g/mol. The van der Waals surface area contributed by atoms with Crippen LogP contribution >= 0.6 is 39.1 Å². The SMILES string of the molecule is Cc1cccc(COc2ccc(Br)cc2CNc2cc(Cl)ccc2Cl)c1. The van der Waals surface area contributed by atoms with E-state index in [0.29, 0.717) is 23.2 Å². The monoisotopic (exact) mass is 449 g/mol. The Labute approximate surface area is 172 Å². The van der Waals surface area contributed by atoms with Crippen LogP contribution in [0.15, 0.2) is 65.1 Å². The Bertz CT molecular complexity index is 914. The summed E-state index contributed by atoms with van der Waals surface area (Å²) in [7, 11) is 0. The summed E-state index contributed by atoms with van der Waals surface area (Å²) in [5, 5.41) is 4.60. The second kappa shape index (κ2) is 8.81. The fourth-order valence-electron chi connectivity index (χ4n) is 2.61. The second-order valence-corrected chi connectivity index (χ2v) is 7.77. The van der Waals surface area contributed by atoms with Gasteiger partial charge in [-0.15, -0.1) is 0 Å². The molecule has 3 aromatic carbocycles. The molecule has 0 fully saturated rings. The van der Waals surface area contributed by atoms with Gasteiger partial charge in [-0.3, -0.25) is 0 Å². The number of nitrogens with one attached hydrogen (secondary N) is 1. The maximum absolute atomic E-state index is 6.23. The van der Waals surface area contributed by atoms with E-state index in [-0.39, 0.29) is 0 Å².